The topological polar surface area (TPSA) is 103 Å². The first kappa shape index (κ1) is 25.2. The number of nitrogen functional groups attached to an aromatic ring is 1. The van der Waals surface area contributed by atoms with Crippen LogP contribution < -0.4 is 15.2 Å². The van der Waals surface area contributed by atoms with Crippen LogP contribution in [0.2, 0.25) is 0 Å². The van der Waals surface area contributed by atoms with Crippen LogP contribution >= 0.6 is 0 Å². The summed E-state index contributed by atoms with van der Waals surface area (Å²) in [5.74, 6) is 1.04. The second-order valence-electron chi connectivity index (χ2n) is 8.75. The van der Waals surface area contributed by atoms with Gasteiger partial charge in [-0.05, 0) is 68.7 Å². The molecule has 4 rings (SSSR count). The van der Waals surface area contributed by atoms with E-state index in [1.165, 1.54) is 13.2 Å². The quantitative estimate of drug-likeness (QED) is 0.525. The molecule has 1 fully saturated rings. The van der Waals surface area contributed by atoms with E-state index >= 15 is 0 Å². The SMILES string of the molecule is COc1cc(C(=O)N2CC[C@H](c3nnc(N)cc3C)CC2C)ccc1Oc1ccc(C(F)(F)F)nc1. The molecular formula is C25H26F3N5O3. The van der Waals surface area contributed by atoms with Gasteiger partial charge in [-0.15, -0.1) is 5.10 Å². The number of anilines is 1. The molecule has 3 aromatic rings. The summed E-state index contributed by atoms with van der Waals surface area (Å²) in [6.07, 6.45) is -2.06. The molecule has 1 saturated heterocycles. The van der Waals surface area contributed by atoms with Crippen LogP contribution in [0.15, 0.2) is 42.6 Å². The van der Waals surface area contributed by atoms with E-state index in [1.54, 1.807) is 24.3 Å². The van der Waals surface area contributed by atoms with Gasteiger partial charge in [-0.1, -0.05) is 0 Å². The fourth-order valence-electron chi connectivity index (χ4n) is 4.43. The Balaban J connectivity index is 1.46. The lowest BCUT2D eigenvalue weighted by Crippen LogP contribution is -2.44. The van der Waals surface area contributed by atoms with Crippen LogP contribution in [-0.4, -0.2) is 45.7 Å². The van der Waals surface area contributed by atoms with Crippen molar-refractivity contribution in [2.75, 3.05) is 19.4 Å². The Morgan fingerprint density at radius 3 is 2.53 bits per heavy atom. The Kier molecular flexibility index (Phi) is 7.00. The Labute approximate surface area is 206 Å². The molecule has 0 aliphatic carbocycles. The number of pyridine rings is 1. The van der Waals surface area contributed by atoms with Crippen molar-refractivity contribution in [2.45, 2.75) is 44.8 Å². The number of rotatable bonds is 5. The van der Waals surface area contributed by atoms with Gasteiger partial charge in [0.2, 0.25) is 0 Å². The number of halogens is 3. The summed E-state index contributed by atoms with van der Waals surface area (Å²) in [7, 11) is 1.42. The molecule has 1 aromatic carbocycles. The lowest BCUT2D eigenvalue weighted by Gasteiger charge is -2.37. The summed E-state index contributed by atoms with van der Waals surface area (Å²) in [6.45, 7) is 4.50. The van der Waals surface area contributed by atoms with Crippen LogP contribution in [0.1, 0.15) is 53.0 Å². The van der Waals surface area contributed by atoms with E-state index in [4.69, 9.17) is 15.2 Å². The number of piperidine rings is 1. The van der Waals surface area contributed by atoms with Gasteiger partial charge in [-0.3, -0.25) is 4.79 Å². The van der Waals surface area contributed by atoms with E-state index in [9.17, 15) is 18.0 Å². The molecule has 36 heavy (non-hydrogen) atoms. The van der Waals surface area contributed by atoms with E-state index < -0.39 is 11.9 Å². The fourth-order valence-corrected chi connectivity index (χ4v) is 4.43. The van der Waals surface area contributed by atoms with Crippen molar-refractivity contribution >= 4 is 11.7 Å². The number of nitrogens with zero attached hydrogens (tertiary/aromatic N) is 4. The predicted molar refractivity (Wildman–Crippen MR) is 126 cm³/mol. The lowest BCUT2D eigenvalue weighted by molar-refractivity contribution is -0.141. The second kappa shape index (κ2) is 10.00. The van der Waals surface area contributed by atoms with Gasteiger partial charge in [-0.2, -0.15) is 18.3 Å². The minimum atomic E-state index is -4.54. The zero-order valence-electron chi connectivity index (χ0n) is 20.0. The molecule has 190 valence electrons. The number of carbonyl (C=O) groups is 1. The Morgan fingerprint density at radius 1 is 1.14 bits per heavy atom. The Morgan fingerprint density at radius 2 is 1.92 bits per heavy atom. The van der Waals surface area contributed by atoms with Gasteiger partial charge in [0.25, 0.3) is 5.91 Å². The van der Waals surface area contributed by atoms with Crippen LogP contribution in [0.25, 0.3) is 0 Å². The summed E-state index contributed by atoms with van der Waals surface area (Å²) >= 11 is 0. The van der Waals surface area contributed by atoms with Gasteiger partial charge >= 0.3 is 6.18 Å². The molecule has 1 aliphatic heterocycles. The molecule has 1 amide bonds. The minimum absolute atomic E-state index is 0.0323. The molecule has 0 radical (unpaired) electrons. The number of carbonyl (C=O) groups excluding carboxylic acids is 1. The minimum Gasteiger partial charge on any atom is -0.493 e. The van der Waals surface area contributed by atoms with E-state index in [2.05, 4.69) is 15.2 Å². The van der Waals surface area contributed by atoms with Crippen LogP contribution in [-0.2, 0) is 6.18 Å². The number of aryl methyl sites for hydroxylation is 1. The first-order valence-corrected chi connectivity index (χ1v) is 11.4. The van der Waals surface area contributed by atoms with Crippen molar-refractivity contribution in [1.82, 2.24) is 20.1 Å². The van der Waals surface area contributed by atoms with Gasteiger partial charge in [0, 0.05) is 24.1 Å². The first-order valence-electron chi connectivity index (χ1n) is 11.4. The average molecular weight is 502 g/mol. The fraction of sp³-hybridized carbons (Fsp3) is 0.360. The summed E-state index contributed by atoms with van der Waals surface area (Å²) < 4.78 is 49.2. The predicted octanol–water partition coefficient (Wildman–Crippen LogP) is 4.99. The molecule has 1 aliphatic rings. The molecule has 2 N–H and O–H groups in total. The maximum absolute atomic E-state index is 13.3. The van der Waals surface area contributed by atoms with Crippen molar-refractivity contribution in [2.24, 2.45) is 0 Å². The maximum atomic E-state index is 13.3. The molecular weight excluding hydrogens is 475 g/mol. The molecule has 2 atom stereocenters. The number of methoxy groups -OCH3 is 1. The lowest BCUT2D eigenvalue weighted by atomic mass is 9.87. The maximum Gasteiger partial charge on any atom is 0.433 e. The molecule has 2 aromatic heterocycles. The number of nitrogens with two attached hydrogens (primary N) is 1. The van der Waals surface area contributed by atoms with Crippen LogP contribution in [0.5, 0.6) is 17.2 Å². The summed E-state index contributed by atoms with van der Waals surface area (Å²) in [6, 6.07) is 8.50. The number of hydrogen-bond acceptors (Lipinski definition) is 7. The zero-order valence-corrected chi connectivity index (χ0v) is 20.0. The highest BCUT2D eigenvalue weighted by Crippen LogP contribution is 2.36. The third-order valence-electron chi connectivity index (χ3n) is 6.23. The van der Waals surface area contributed by atoms with Gasteiger partial charge in [0.1, 0.15) is 17.3 Å². The van der Waals surface area contributed by atoms with Crippen LogP contribution in [0, 0.1) is 6.92 Å². The Bertz CT molecular complexity index is 1250. The molecule has 8 nitrogen and oxygen atoms in total. The third kappa shape index (κ3) is 5.34. The normalized spacial score (nSPS) is 18.1. The van der Waals surface area contributed by atoms with Gasteiger partial charge in [0.05, 0.1) is 19.0 Å². The van der Waals surface area contributed by atoms with Crippen LogP contribution in [0.3, 0.4) is 0 Å². The van der Waals surface area contributed by atoms with E-state index in [1.807, 2.05) is 18.7 Å². The van der Waals surface area contributed by atoms with Crippen molar-refractivity contribution < 1.29 is 27.4 Å². The molecule has 0 spiro atoms. The van der Waals surface area contributed by atoms with Gasteiger partial charge in [0.15, 0.2) is 11.5 Å². The van der Waals surface area contributed by atoms with Crippen molar-refractivity contribution in [3.05, 3.63) is 65.1 Å². The highest BCUT2D eigenvalue weighted by Gasteiger charge is 2.33. The smallest absolute Gasteiger partial charge is 0.433 e. The van der Waals surface area contributed by atoms with Gasteiger partial charge < -0.3 is 20.1 Å². The van der Waals surface area contributed by atoms with Crippen molar-refractivity contribution in [3.8, 4) is 17.2 Å². The number of alkyl halides is 3. The number of aromatic nitrogens is 3. The monoisotopic (exact) mass is 501 g/mol. The molecule has 0 bridgehead atoms. The Hall–Kier alpha value is -3.89. The molecule has 11 heteroatoms. The number of likely N-dealkylation sites (tertiary alicyclic amines) is 1. The summed E-state index contributed by atoms with van der Waals surface area (Å²) in [4.78, 5) is 18.5. The largest absolute Gasteiger partial charge is 0.493 e. The molecule has 3 heterocycles. The van der Waals surface area contributed by atoms with Crippen LogP contribution in [0.4, 0.5) is 19.0 Å². The third-order valence-corrected chi connectivity index (χ3v) is 6.23. The highest BCUT2D eigenvalue weighted by molar-refractivity contribution is 5.95. The van der Waals surface area contributed by atoms with Crippen molar-refractivity contribution in [3.63, 3.8) is 0 Å². The average Bonchev–Trinajstić information content (AvgIpc) is 2.83. The number of amides is 1. The molecule has 1 unspecified atom stereocenters. The number of benzene rings is 1. The second-order valence-corrected chi connectivity index (χ2v) is 8.75. The van der Waals surface area contributed by atoms with Gasteiger partial charge in [-0.25, -0.2) is 4.98 Å². The number of hydrogen-bond donors (Lipinski definition) is 1. The summed E-state index contributed by atoms with van der Waals surface area (Å²) in [5.41, 5.74) is 7.02. The summed E-state index contributed by atoms with van der Waals surface area (Å²) in [5, 5.41) is 8.26. The number of ether oxygens (including phenoxy) is 2. The van der Waals surface area contributed by atoms with E-state index in [-0.39, 0.29) is 35.1 Å². The van der Waals surface area contributed by atoms with E-state index in [0.717, 1.165) is 36.4 Å². The highest BCUT2D eigenvalue weighted by atomic mass is 19.4. The molecule has 0 saturated carbocycles. The standard InChI is InChI=1S/C25H26F3N5O3/c1-14-10-22(29)31-32-23(14)16-8-9-33(15(2)11-16)24(34)17-4-6-19(20(12-17)35-3)36-18-5-7-21(30-13-18)25(26,27)28/h4-7,10,12-13,15-16H,8-9,11H2,1-3H3,(H2,29,31)/t15?,16-/m0/s1. The van der Waals surface area contributed by atoms with Crippen molar-refractivity contribution in [1.29, 1.82) is 0 Å². The zero-order chi connectivity index (χ0) is 26.0. The van der Waals surface area contributed by atoms with E-state index in [0.29, 0.717) is 17.9 Å². The first-order chi connectivity index (χ1) is 17.1.